The molecule has 1 atom stereocenters. The van der Waals surface area contributed by atoms with E-state index in [4.69, 9.17) is 5.73 Å². The number of hydrogen-bond acceptors (Lipinski definition) is 3. The maximum absolute atomic E-state index is 5.89. The predicted molar refractivity (Wildman–Crippen MR) is 84.5 cm³/mol. The molecule has 0 saturated heterocycles. The third-order valence-corrected chi connectivity index (χ3v) is 4.39. The van der Waals surface area contributed by atoms with Gasteiger partial charge < -0.3 is 11.1 Å². The minimum absolute atomic E-state index is 0.336. The maximum Gasteiger partial charge on any atom is 0.0468 e. The molecule has 0 spiro atoms. The zero-order valence-electron chi connectivity index (χ0n) is 11.8. The number of nitrogens with two attached hydrogens (primary N) is 1. The molecule has 102 valence electrons. The van der Waals surface area contributed by atoms with E-state index in [-0.39, 0.29) is 0 Å². The van der Waals surface area contributed by atoms with Crippen LogP contribution in [0.2, 0.25) is 0 Å². The highest BCUT2D eigenvalue weighted by Crippen LogP contribution is 2.21. The van der Waals surface area contributed by atoms with Crippen molar-refractivity contribution in [2.24, 2.45) is 0 Å². The summed E-state index contributed by atoms with van der Waals surface area (Å²) in [6.07, 6.45) is 0. The van der Waals surface area contributed by atoms with E-state index >= 15 is 0 Å². The Balaban J connectivity index is 1.96. The van der Waals surface area contributed by atoms with Crippen molar-refractivity contribution in [3.63, 3.8) is 0 Å². The SMILES string of the molecule is CC(C)c1ccc(C(C)NCc2sccc2N)cc1. The molecule has 0 bridgehead atoms. The van der Waals surface area contributed by atoms with Crippen molar-refractivity contribution in [3.05, 3.63) is 51.7 Å². The number of hydrogen-bond donors (Lipinski definition) is 2. The first-order chi connectivity index (χ1) is 9.08. The van der Waals surface area contributed by atoms with E-state index in [9.17, 15) is 0 Å². The van der Waals surface area contributed by atoms with Crippen molar-refractivity contribution >= 4 is 17.0 Å². The number of thiophene rings is 1. The third kappa shape index (κ3) is 3.58. The highest BCUT2D eigenvalue weighted by molar-refractivity contribution is 7.10. The summed E-state index contributed by atoms with van der Waals surface area (Å²) in [7, 11) is 0. The summed E-state index contributed by atoms with van der Waals surface area (Å²) in [4.78, 5) is 1.21. The van der Waals surface area contributed by atoms with Gasteiger partial charge in [-0.1, -0.05) is 38.1 Å². The Kier molecular flexibility index (Phi) is 4.61. The lowest BCUT2D eigenvalue weighted by atomic mass is 9.99. The Bertz CT molecular complexity index is 514. The molecule has 3 N–H and O–H groups in total. The van der Waals surface area contributed by atoms with Gasteiger partial charge in [0.1, 0.15) is 0 Å². The van der Waals surface area contributed by atoms with E-state index < -0.39 is 0 Å². The summed E-state index contributed by atoms with van der Waals surface area (Å²) in [6.45, 7) is 7.46. The monoisotopic (exact) mass is 274 g/mol. The van der Waals surface area contributed by atoms with Gasteiger partial charge in [-0.2, -0.15) is 0 Å². The molecule has 0 amide bonds. The van der Waals surface area contributed by atoms with Gasteiger partial charge in [0.25, 0.3) is 0 Å². The second-order valence-electron chi connectivity index (χ2n) is 5.22. The van der Waals surface area contributed by atoms with Gasteiger partial charge in [-0.25, -0.2) is 0 Å². The summed E-state index contributed by atoms with van der Waals surface area (Å²) < 4.78 is 0. The Labute approximate surface area is 119 Å². The van der Waals surface area contributed by atoms with E-state index in [0.29, 0.717) is 12.0 Å². The minimum atomic E-state index is 0.336. The van der Waals surface area contributed by atoms with Crippen molar-refractivity contribution < 1.29 is 0 Å². The van der Waals surface area contributed by atoms with Crippen LogP contribution in [0.15, 0.2) is 35.7 Å². The van der Waals surface area contributed by atoms with Gasteiger partial charge >= 0.3 is 0 Å². The summed E-state index contributed by atoms with van der Waals surface area (Å²) in [5.41, 5.74) is 9.48. The first kappa shape index (κ1) is 14.1. The molecule has 1 heterocycles. The van der Waals surface area contributed by atoms with E-state index in [1.807, 2.05) is 11.4 Å². The number of rotatable bonds is 5. The molecule has 1 unspecified atom stereocenters. The minimum Gasteiger partial charge on any atom is -0.398 e. The number of anilines is 1. The van der Waals surface area contributed by atoms with E-state index in [0.717, 1.165) is 12.2 Å². The lowest BCUT2D eigenvalue weighted by molar-refractivity contribution is 0.579. The van der Waals surface area contributed by atoms with Gasteiger partial charge in [-0.3, -0.25) is 0 Å². The van der Waals surface area contributed by atoms with Crippen LogP contribution >= 0.6 is 11.3 Å². The molecular formula is C16H22N2S. The van der Waals surface area contributed by atoms with E-state index in [1.165, 1.54) is 16.0 Å². The second-order valence-corrected chi connectivity index (χ2v) is 6.22. The van der Waals surface area contributed by atoms with E-state index in [1.54, 1.807) is 11.3 Å². The van der Waals surface area contributed by atoms with Crippen LogP contribution in [-0.2, 0) is 6.54 Å². The molecule has 0 saturated carbocycles. The van der Waals surface area contributed by atoms with Crippen molar-refractivity contribution in [3.8, 4) is 0 Å². The molecule has 0 radical (unpaired) electrons. The van der Waals surface area contributed by atoms with Crippen molar-refractivity contribution in [1.29, 1.82) is 0 Å². The largest absolute Gasteiger partial charge is 0.398 e. The van der Waals surface area contributed by atoms with Gasteiger partial charge in [0.05, 0.1) is 0 Å². The molecule has 2 aromatic rings. The van der Waals surface area contributed by atoms with Crippen LogP contribution in [0.25, 0.3) is 0 Å². The second kappa shape index (κ2) is 6.22. The van der Waals surface area contributed by atoms with Gasteiger partial charge in [-0.05, 0) is 35.4 Å². The Hall–Kier alpha value is -1.32. The molecule has 3 heteroatoms. The number of nitrogen functional groups attached to an aromatic ring is 1. The summed E-state index contributed by atoms with van der Waals surface area (Å²) in [6, 6.07) is 11.2. The predicted octanol–water partition coefficient (Wildman–Crippen LogP) is 4.30. The molecule has 1 aromatic carbocycles. The molecule has 2 nitrogen and oxygen atoms in total. The van der Waals surface area contributed by atoms with Crippen molar-refractivity contribution in [2.75, 3.05) is 5.73 Å². The van der Waals surface area contributed by atoms with Crippen LogP contribution in [0.4, 0.5) is 5.69 Å². The van der Waals surface area contributed by atoms with Crippen LogP contribution in [0, 0.1) is 0 Å². The van der Waals surface area contributed by atoms with Crippen LogP contribution < -0.4 is 11.1 Å². The third-order valence-electron chi connectivity index (χ3n) is 3.45. The fraction of sp³-hybridized carbons (Fsp3) is 0.375. The van der Waals surface area contributed by atoms with Crippen LogP contribution in [0.5, 0.6) is 0 Å². The lowest BCUT2D eigenvalue weighted by Gasteiger charge is -2.15. The maximum atomic E-state index is 5.89. The smallest absolute Gasteiger partial charge is 0.0468 e. The fourth-order valence-electron chi connectivity index (χ4n) is 2.03. The van der Waals surface area contributed by atoms with Gasteiger partial charge in [0, 0.05) is 23.2 Å². The van der Waals surface area contributed by atoms with Gasteiger partial charge in [-0.15, -0.1) is 11.3 Å². The zero-order chi connectivity index (χ0) is 13.8. The van der Waals surface area contributed by atoms with E-state index in [2.05, 4.69) is 50.4 Å². The first-order valence-electron chi connectivity index (χ1n) is 6.73. The Morgan fingerprint density at radius 1 is 1.05 bits per heavy atom. The molecule has 0 fully saturated rings. The topological polar surface area (TPSA) is 38.0 Å². The van der Waals surface area contributed by atoms with Crippen molar-refractivity contribution in [2.45, 2.75) is 39.3 Å². The highest BCUT2D eigenvalue weighted by atomic mass is 32.1. The lowest BCUT2D eigenvalue weighted by Crippen LogP contribution is -2.18. The first-order valence-corrected chi connectivity index (χ1v) is 7.61. The van der Waals surface area contributed by atoms with Crippen LogP contribution in [-0.4, -0.2) is 0 Å². The number of benzene rings is 1. The molecule has 1 aromatic heterocycles. The van der Waals surface area contributed by atoms with Gasteiger partial charge in [0.2, 0.25) is 0 Å². The molecule has 0 aliphatic heterocycles. The summed E-state index contributed by atoms with van der Waals surface area (Å²) in [5, 5.41) is 5.56. The number of nitrogens with one attached hydrogen (secondary N) is 1. The fourth-order valence-corrected chi connectivity index (χ4v) is 2.78. The van der Waals surface area contributed by atoms with Crippen molar-refractivity contribution in [1.82, 2.24) is 5.32 Å². The average molecular weight is 274 g/mol. The Morgan fingerprint density at radius 2 is 1.68 bits per heavy atom. The molecular weight excluding hydrogens is 252 g/mol. The Morgan fingerprint density at radius 3 is 2.21 bits per heavy atom. The summed E-state index contributed by atoms with van der Waals surface area (Å²) >= 11 is 1.71. The summed E-state index contributed by atoms with van der Waals surface area (Å²) in [5.74, 6) is 0.586. The van der Waals surface area contributed by atoms with Crippen LogP contribution in [0.3, 0.4) is 0 Å². The average Bonchev–Trinajstić information content (AvgIpc) is 2.81. The molecule has 0 aliphatic rings. The normalized spacial score (nSPS) is 12.8. The standard InChI is InChI=1S/C16H22N2S/c1-11(2)13-4-6-14(7-5-13)12(3)18-10-16-15(17)8-9-19-16/h4-9,11-12,18H,10,17H2,1-3H3. The molecule has 19 heavy (non-hydrogen) atoms. The highest BCUT2D eigenvalue weighted by Gasteiger charge is 2.07. The zero-order valence-corrected chi connectivity index (χ0v) is 12.6. The molecule has 0 aliphatic carbocycles. The molecule has 2 rings (SSSR count). The quantitative estimate of drug-likeness (QED) is 0.853. The van der Waals surface area contributed by atoms with Gasteiger partial charge in [0.15, 0.2) is 0 Å². The van der Waals surface area contributed by atoms with Crippen LogP contribution in [0.1, 0.15) is 48.7 Å².